The number of rotatable bonds is 2. The number of hydrogen-bond acceptors (Lipinski definition) is 3. The molecular formula is C13H12F3N3. The summed E-state index contributed by atoms with van der Waals surface area (Å²) >= 11 is 0. The molecule has 0 radical (unpaired) electrons. The van der Waals surface area contributed by atoms with Crippen molar-refractivity contribution < 1.29 is 13.2 Å². The van der Waals surface area contributed by atoms with Gasteiger partial charge >= 0.3 is 6.18 Å². The summed E-state index contributed by atoms with van der Waals surface area (Å²) in [4.78, 5) is 3.44. The highest BCUT2D eigenvalue weighted by Crippen LogP contribution is 2.32. The summed E-state index contributed by atoms with van der Waals surface area (Å²) < 4.78 is 37.3. The molecule has 1 aromatic carbocycles. The number of anilines is 2. The average molecular weight is 267 g/mol. The van der Waals surface area contributed by atoms with Crippen LogP contribution in [0.4, 0.5) is 24.5 Å². The first-order valence-electron chi connectivity index (χ1n) is 5.52. The normalized spacial score (nSPS) is 11.4. The molecule has 0 saturated carbocycles. The van der Waals surface area contributed by atoms with Crippen molar-refractivity contribution in [3.63, 3.8) is 0 Å². The summed E-state index contributed by atoms with van der Waals surface area (Å²) in [6.45, 7) is 0. The monoisotopic (exact) mass is 267 g/mol. The van der Waals surface area contributed by atoms with Crippen LogP contribution in [-0.2, 0) is 6.18 Å². The van der Waals surface area contributed by atoms with Crippen molar-refractivity contribution in [1.82, 2.24) is 4.98 Å². The van der Waals surface area contributed by atoms with Crippen molar-refractivity contribution in [3.8, 4) is 11.1 Å². The topological polar surface area (TPSA) is 50.9 Å². The number of hydrogen-bond donors (Lipinski definition) is 2. The Morgan fingerprint density at radius 1 is 1.16 bits per heavy atom. The van der Waals surface area contributed by atoms with E-state index in [-0.39, 0.29) is 0 Å². The van der Waals surface area contributed by atoms with E-state index in [1.54, 1.807) is 25.2 Å². The van der Waals surface area contributed by atoms with Crippen LogP contribution >= 0.6 is 0 Å². The van der Waals surface area contributed by atoms with Crippen LogP contribution < -0.4 is 11.1 Å². The van der Waals surface area contributed by atoms with Gasteiger partial charge in [-0.25, -0.2) is 0 Å². The van der Waals surface area contributed by atoms with Crippen molar-refractivity contribution >= 4 is 11.4 Å². The Bertz CT molecular complexity index is 577. The number of nitrogens with one attached hydrogen (secondary N) is 1. The number of nitrogens with zero attached hydrogens (tertiary/aromatic N) is 1. The van der Waals surface area contributed by atoms with E-state index in [0.29, 0.717) is 11.3 Å². The van der Waals surface area contributed by atoms with Gasteiger partial charge in [-0.3, -0.25) is 4.98 Å². The molecule has 0 bridgehead atoms. The highest BCUT2D eigenvalue weighted by Gasteiger charge is 2.32. The third kappa shape index (κ3) is 2.78. The number of benzene rings is 1. The molecule has 3 N–H and O–H groups in total. The molecule has 6 heteroatoms. The lowest BCUT2D eigenvalue weighted by Gasteiger charge is -2.11. The zero-order valence-electron chi connectivity index (χ0n) is 10.1. The molecule has 0 spiro atoms. The van der Waals surface area contributed by atoms with Gasteiger partial charge in [-0.15, -0.1) is 0 Å². The fourth-order valence-corrected chi connectivity index (χ4v) is 1.74. The number of pyridine rings is 1. The van der Waals surface area contributed by atoms with E-state index in [4.69, 9.17) is 5.73 Å². The van der Waals surface area contributed by atoms with E-state index in [2.05, 4.69) is 10.3 Å². The van der Waals surface area contributed by atoms with Crippen molar-refractivity contribution in [2.75, 3.05) is 18.1 Å². The molecule has 0 aliphatic carbocycles. The zero-order valence-corrected chi connectivity index (χ0v) is 10.1. The maximum absolute atomic E-state index is 12.4. The summed E-state index contributed by atoms with van der Waals surface area (Å²) in [5.41, 5.74) is 7.41. The lowest BCUT2D eigenvalue weighted by Crippen LogP contribution is -2.07. The Kier molecular flexibility index (Phi) is 3.33. The SMILES string of the molecule is CNc1cc(N)ccc1-c1ccc(C(F)(F)F)nc1. The van der Waals surface area contributed by atoms with Crippen LogP contribution in [-0.4, -0.2) is 12.0 Å². The van der Waals surface area contributed by atoms with Crippen LogP contribution in [0.3, 0.4) is 0 Å². The van der Waals surface area contributed by atoms with Crippen molar-refractivity contribution in [2.45, 2.75) is 6.18 Å². The molecule has 2 aromatic rings. The molecule has 0 aliphatic heterocycles. The fourth-order valence-electron chi connectivity index (χ4n) is 1.74. The minimum atomic E-state index is -4.43. The maximum Gasteiger partial charge on any atom is 0.433 e. The lowest BCUT2D eigenvalue weighted by molar-refractivity contribution is -0.141. The van der Waals surface area contributed by atoms with Crippen LogP contribution in [0.1, 0.15) is 5.69 Å². The highest BCUT2D eigenvalue weighted by molar-refractivity contribution is 5.79. The third-order valence-corrected chi connectivity index (χ3v) is 2.68. The molecule has 0 amide bonds. The van der Waals surface area contributed by atoms with Gasteiger partial charge in [0.05, 0.1) is 0 Å². The van der Waals surface area contributed by atoms with Gasteiger partial charge in [-0.05, 0) is 18.2 Å². The molecule has 0 saturated heterocycles. The van der Waals surface area contributed by atoms with Gasteiger partial charge in [0.2, 0.25) is 0 Å². The highest BCUT2D eigenvalue weighted by atomic mass is 19.4. The zero-order chi connectivity index (χ0) is 14.0. The van der Waals surface area contributed by atoms with Crippen molar-refractivity contribution in [1.29, 1.82) is 0 Å². The van der Waals surface area contributed by atoms with Gasteiger partial charge in [0.15, 0.2) is 0 Å². The molecule has 2 rings (SSSR count). The van der Waals surface area contributed by atoms with Crippen LogP contribution in [0.5, 0.6) is 0 Å². The molecule has 0 atom stereocenters. The van der Waals surface area contributed by atoms with Gasteiger partial charge in [0.25, 0.3) is 0 Å². The smallest absolute Gasteiger partial charge is 0.399 e. The third-order valence-electron chi connectivity index (χ3n) is 2.68. The summed E-state index contributed by atoms with van der Waals surface area (Å²) in [6.07, 6.45) is -3.22. The predicted octanol–water partition coefficient (Wildman–Crippen LogP) is 3.39. The second-order valence-electron chi connectivity index (χ2n) is 3.98. The van der Waals surface area contributed by atoms with Crippen molar-refractivity contribution in [2.24, 2.45) is 0 Å². The Balaban J connectivity index is 2.43. The van der Waals surface area contributed by atoms with Gasteiger partial charge in [-0.2, -0.15) is 13.2 Å². The quantitative estimate of drug-likeness (QED) is 0.820. The molecule has 19 heavy (non-hydrogen) atoms. The molecule has 0 unspecified atom stereocenters. The summed E-state index contributed by atoms with van der Waals surface area (Å²) in [5, 5.41) is 2.95. The standard InChI is InChI=1S/C13H12F3N3/c1-18-11-6-9(17)3-4-10(11)8-2-5-12(19-7-8)13(14,15)16/h2-7,18H,17H2,1H3. The number of alkyl halides is 3. The second-order valence-corrected chi connectivity index (χ2v) is 3.98. The Hall–Kier alpha value is -2.24. The molecule has 1 aromatic heterocycles. The Morgan fingerprint density at radius 2 is 1.89 bits per heavy atom. The molecular weight excluding hydrogens is 255 g/mol. The first kappa shape index (κ1) is 13.2. The van der Waals surface area contributed by atoms with E-state index in [1.165, 1.54) is 12.3 Å². The molecule has 0 aliphatic rings. The molecule has 100 valence electrons. The Labute approximate surface area is 108 Å². The molecule has 1 heterocycles. The van der Waals surface area contributed by atoms with Crippen LogP contribution in [0.15, 0.2) is 36.5 Å². The van der Waals surface area contributed by atoms with Gasteiger partial charge in [-0.1, -0.05) is 12.1 Å². The minimum Gasteiger partial charge on any atom is -0.399 e. The lowest BCUT2D eigenvalue weighted by atomic mass is 10.0. The number of aromatic nitrogens is 1. The first-order valence-corrected chi connectivity index (χ1v) is 5.52. The van der Waals surface area contributed by atoms with Crippen LogP contribution in [0, 0.1) is 0 Å². The van der Waals surface area contributed by atoms with Crippen LogP contribution in [0.2, 0.25) is 0 Å². The minimum absolute atomic E-state index is 0.577. The van der Waals surface area contributed by atoms with Crippen molar-refractivity contribution in [3.05, 3.63) is 42.2 Å². The largest absolute Gasteiger partial charge is 0.433 e. The van der Waals surface area contributed by atoms with Gasteiger partial charge in [0.1, 0.15) is 5.69 Å². The summed E-state index contributed by atoms with van der Waals surface area (Å²) in [7, 11) is 1.72. The van der Waals surface area contributed by atoms with Gasteiger partial charge in [0, 0.05) is 35.7 Å². The number of halogens is 3. The molecule has 0 fully saturated rings. The van der Waals surface area contributed by atoms with E-state index < -0.39 is 11.9 Å². The number of nitrogen functional groups attached to an aromatic ring is 1. The second kappa shape index (κ2) is 4.79. The molecule has 3 nitrogen and oxygen atoms in total. The first-order chi connectivity index (χ1) is 8.91. The Morgan fingerprint density at radius 3 is 2.42 bits per heavy atom. The fraction of sp³-hybridized carbons (Fsp3) is 0.154. The maximum atomic E-state index is 12.4. The van der Waals surface area contributed by atoms with E-state index in [0.717, 1.165) is 17.3 Å². The summed E-state index contributed by atoms with van der Waals surface area (Å²) in [6, 6.07) is 7.50. The van der Waals surface area contributed by atoms with E-state index in [1.807, 2.05) is 0 Å². The average Bonchev–Trinajstić information content (AvgIpc) is 2.37. The van der Waals surface area contributed by atoms with Crippen LogP contribution in [0.25, 0.3) is 11.1 Å². The predicted molar refractivity (Wildman–Crippen MR) is 68.6 cm³/mol. The van der Waals surface area contributed by atoms with Gasteiger partial charge < -0.3 is 11.1 Å². The summed E-state index contributed by atoms with van der Waals surface area (Å²) in [5.74, 6) is 0. The van der Waals surface area contributed by atoms with E-state index >= 15 is 0 Å². The van der Waals surface area contributed by atoms with E-state index in [9.17, 15) is 13.2 Å². The number of nitrogens with two attached hydrogens (primary N) is 1.